The van der Waals surface area contributed by atoms with E-state index < -0.39 is 0 Å². The maximum Gasteiger partial charge on any atom is 0.241 e. The van der Waals surface area contributed by atoms with Gasteiger partial charge in [0.1, 0.15) is 0 Å². The van der Waals surface area contributed by atoms with Gasteiger partial charge in [0.05, 0.1) is 6.54 Å². The van der Waals surface area contributed by atoms with Gasteiger partial charge in [-0.1, -0.05) is 13.8 Å². The largest absolute Gasteiger partial charge is 0.347 e. The molecule has 0 aromatic heterocycles. The van der Waals surface area contributed by atoms with Crippen LogP contribution >= 0.6 is 0 Å². The molecule has 0 bridgehead atoms. The highest BCUT2D eigenvalue weighted by molar-refractivity contribution is 5.84. The summed E-state index contributed by atoms with van der Waals surface area (Å²) in [4.78, 5) is 26.9. The molecule has 0 aliphatic rings. The van der Waals surface area contributed by atoms with E-state index in [0.29, 0.717) is 19.5 Å². The number of amides is 2. The van der Waals surface area contributed by atoms with Crippen molar-refractivity contribution < 1.29 is 9.59 Å². The van der Waals surface area contributed by atoms with Crippen molar-refractivity contribution in [1.29, 1.82) is 0 Å². The second-order valence-corrected chi connectivity index (χ2v) is 5.90. The van der Waals surface area contributed by atoms with Gasteiger partial charge in [0.25, 0.3) is 0 Å². The lowest BCUT2D eigenvalue weighted by molar-refractivity contribution is -0.139. The molecule has 112 valence electrons. The van der Waals surface area contributed by atoms with Crippen molar-refractivity contribution in [3.63, 3.8) is 0 Å². The van der Waals surface area contributed by atoms with E-state index in [1.165, 1.54) is 4.90 Å². The molecule has 0 heterocycles. The van der Waals surface area contributed by atoms with Crippen LogP contribution in [0, 0.1) is 5.41 Å². The van der Waals surface area contributed by atoms with E-state index in [1.54, 1.807) is 19.0 Å². The number of carbonyl (C=O) groups is 2. The molecule has 0 atom stereocenters. The molecule has 0 aromatic carbocycles. The van der Waals surface area contributed by atoms with Crippen LogP contribution in [0.3, 0.4) is 0 Å². The van der Waals surface area contributed by atoms with Gasteiger partial charge in [-0.2, -0.15) is 0 Å². The molecule has 0 spiro atoms. The van der Waals surface area contributed by atoms with Gasteiger partial charge in [-0.05, 0) is 31.7 Å². The Hall–Kier alpha value is -1.10. The minimum Gasteiger partial charge on any atom is -0.347 e. The number of carbonyl (C=O) groups excluding carboxylic acids is 2. The van der Waals surface area contributed by atoms with Crippen molar-refractivity contribution in [2.75, 3.05) is 33.7 Å². The van der Waals surface area contributed by atoms with Crippen molar-refractivity contribution in [3.8, 4) is 0 Å². The Kier molecular flexibility index (Phi) is 7.68. The van der Waals surface area contributed by atoms with Gasteiger partial charge in [0, 0.05) is 27.1 Å². The smallest absolute Gasteiger partial charge is 0.241 e. The van der Waals surface area contributed by atoms with Crippen LogP contribution in [-0.2, 0) is 9.59 Å². The first-order valence-corrected chi connectivity index (χ1v) is 6.91. The standard InChI is InChI=1S/C14H29N3O2/c1-6-17(11-13(19)16(4)5)12(18)7-8-14(2,3)9-10-15/h6-11,15H2,1-5H3. The van der Waals surface area contributed by atoms with Crippen molar-refractivity contribution >= 4 is 11.8 Å². The second-order valence-electron chi connectivity index (χ2n) is 5.90. The number of hydrogen-bond donors (Lipinski definition) is 1. The minimum absolute atomic E-state index is 0.0443. The fraction of sp³-hybridized carbons (Fsp3) is 0.857. The van der Waals surface area contributed by atoms with Crippen molar-refractivity contribution in [2.24, 2.45) is 11.1 Å². The molecule has 2 N–H and O–H groups in total. The fourth-order valence-electron chi connectivity index (χ4n) is 1.80. The number of likely N-dealkylation sites (N-methyl/N-ethyl adjacent to an activating group) is 2. The van der Waals surface area contributed by atoms with Gasteiger partial charge in [0.15, 0.2) is 0 Å². The Morgan fingerprint density at radius 2 is 1.68 bits per heavy atom. The number of hydrogen-bond acceptors (Lipinski definition) is 3. The zero-order valence-corrected chi connectivity index (χ0v) is 13.0. The first kappa shape index (κ1) is 17.9. The monoisotopic (exact) mass is 271 g/mol. The molecule has 0 aliphatic carbocycles. The Bertz CT molecular complexity index is 301. The number of nitrogens with two attached hydrogens (primary N) is 1. The lowest BCUT2D eigenvalue weighted by Crippen LogP contribution is -2.40. The van der Waals surface area contributed by atoms with E-state index in [2.05, 4.69) is 13.8 Å². The summed E-state index contributed by atoms with van der Waals surface area (Å²) in [6.07, 6.45) is 2.18. The molecule has 0 radical (unpaired) electrons. The zero-order valence-electron chi connectivity index (χ0n) is 13.0. The fourth-order valence-corrected chi connectivity index (χ4v) is 1.80. The van der Waals surface area contributed by atoms with Crippen molar-refractivity contribution in [2.45, 2.75) is 40.0 Å². The SMILES string of the molecule is CCN(CC(=O)N(C)C)C(=O)CCC(C)(C)CCN. The topological polar surface area (TPSA) is 66.6 Å². The number of rotatable bonds is 8. The highest BCUT2D eigenvalue weighted by Crippen LogP contribution is 2.26. The molecule has 19 heavy (non-hydrogen) atoms. The third-order valence-electron chi connectivity index (χ3n) is 3.40. The lowest BCUT2D eigenvalue weighted by Gasteiger charge is -2.26. The highest BCUT2D eigenvalue weighted by atomic mass is 16.2. The van der Waals surface area contributed by atoms with Crippen molar-refractivity contribution in [3.05, 3.63) is 0 Å². The quantitative estimate of drug-likeness (QED) is 0.718. The normalized spacial score (nSPS) is 11.3. The summed E-state index contributed by atoms with van der Waals surface area (Å²) >= 11 is 0. The molecular formula is C14H29N3O2. The van der Waals surface area contributed by atoms with Gasteiger partial charge >= 0.3 is 0 Å². The van der Waals surface area contributed by atoms with E-state index in [4.69, 9.17) is 5.73 Å². The summed E-state index contributed by atoms with van der Waals surface area (Å²) in [6, 6.07) is 0. The van der Waals surface area contributed by atoms with Gasteiger partial charge in [-0.3, -0.25) is 9.59 Å². The molecule has 0 aromatic rings. The number of nitrogens with zero attached hydrogens (tertiary/aromatic N) is 2. The van der Waals surface area contributed by atoms with Gasteiger partial charge in [-0.15, -0.1) is 0 Å². The summed E-state index contributed by atoms with van der Waals surface area (Å²) in [5, 5.41) is 0. The van der Waals surface area contributed by atoms with Crippen LogP contribution in [0.25, 0.3) is 0 Å². The van der Waals surface area contributed by atoms with Crippen LogP contribution < -0.4 is 5.73 Å². The maximum atomic E-state index is 12.1. The Balaban J connectivity index is 4.33. The predicted molar refractivity (Wildman–Crippen MR) is 77.6 cm³/mol. The van der Waals surface area contributed by atoms with E-state index >= 15 is 0 Å². The van der Waals surface area contributed by atoms with Crippen LogP contribution in [-0.4, -0.2) is 55.3 Å². The molecular weight excluding hydrogens is 242 g/mol. The van der Waals surface area contributed by atoms with E-state index in [0.717, 1.165) is 12.8 Å². The third-order valence-corrected chi connectivity index (χ3v) is 3.40. The highest BCUT2D eigenvalue weighted by Gasteiger charge is 2.21. The maximum absolute atomic E-state index is 12.1. The Morgan fingerprint density at radius 1 is 1.11 bits per heavy atom. The minimum atomic E-state index is -0.0450. The van der Waals surface area contributed by atoms with E-state index in [-0.39, 0.29) is 23.8 Å². The van der Waals surface area contributed by atoms with Crippen LogP contribution in [0.2, 0.25) is 0 Å². The average molecular weight is 271 g/mol. The summed E-state index contributed by atoms with van der Waals surface area (Å²) in [6.45, 7) is 7.50. The predicted octanol–water partition coefficient (Wildman–Crippen LogP) is 1.08. The summed E-state index contributed by atoms with van der Waals surface area (Å²) in [7, 11) is 3.40. The Morgan fingerprint density at radius 3 is 2.11 bits per heavy atom. The van der Waals surface area contributed by atoms with Gasteiger partial charge in [-0.25, -0.2) is 0 Å². The molecule has 2 amide bonds. The van der Waals surface area contributed by atoms with Crippen molar-refractivity contribution in [1.82, 2.24) is 9.80 Å². The van der Waals surface area contributed by atoms with E-state index in [1.807, 2.05) is 6.92 Å². The lowest BCUT2D eigenvalue weighted by atomic mass is 9.84. The van der Waals surface area contributed by atoms with E-state index in [9.17, 15) is 9.59 Å². The Labute approximate surface area is 117 Å². The molecule has 0 unspecified atom stereocenters. The molecule has 0 saturated heterocycles. The van der Waals surface area contributed by atoms with Crippen LogP contribution in [0.1, 0.15) is 40.0 Å². The van der Waals surface area contributed by atoms with Crippen LogP contribution in [0.15, 0.2) is 0 Å². The second kappa shape index (κ2) is 8.15. The zero-order chi connectivity index (χ0) is 15.1. The molecule has 0 fully saturated rings. The molecule has 0 aliphatic heterocycles. The summed E-state index contributed by atoms with van der Waals surface area (Å²) in [5.41, 5.74) is 5.64. The molecule has 0 rings (SSSR count). The van der Waals surface area contributed by atoms with Crippen LogP contribution in [0.5, 0.6) is 0 Å². The van der Waals surface area contributed by atoms with Gasteiger partial charge in [0.2, 0.25) is 11.8 Å². The molecule has 5 heteroatoms. The first-order valence-electron chi connectivity index (χ1n) is 6.91. The first-order chi connectivity index (χ1) is 8.73. The third kappa shape index (κ3) is 7.15. The average Bonchev–Trinajstić information content (AvgIpc) is 2.32. The van der Waals surface area contributed by atoms with Gasteiger partial charge < -0.3 is 15.5 Å². The molecule has 0 saturated carbocycles. The van der Waals surface area contributed by atoms with Crippen LogP contribution in [0.4, 0.5) is 0 Å². The summed E-state index contributed by atoms with van der Waals surface area (Å²) in [5.74, 6) is -0.000727. The summed E-state index contributed by atoms with van der Waals surface area (Å²) < 4.78 is 0. The molecule has 5 nitrogen and oxygen atoms in total.